The molecule has 0 aliphatic carbocycles. The number of anilines is 4. The fraction of sp³-hybridized carbons (Fsp3) is 0.391. The summed E-state index contributed by atoms with van der Waals surface area (Å²) in [5.74, 6) is -4.41. The number of hydrogen-bond acceptors (Lipinski definition) is 18. The number of carbonyl (C=O) groups excluding carboxylic acids is 6. The molecule has 26 heteroatoms. The van der Waals surface area contributed by atoms with Crippen LogP contribution in [0.5, 0.6) is 0 Å². The number of nitrogens with one attached hydrogen (secondary N) is 6. The average molecular weight is 992 g/mol. The fourth-order valence-electron chi connectivity index (χ4n) is 7.53. The molecule has 72 heavy (non-hydrogen) atoms. The van der Waals surface area contributed by atoms with Gasteiger partial charge in [0.1, 0.15) is 24.4 Å². The molecule has 3 aromatic heterocycles. The molecule has 26 nitrogen and oxygen atoms in total. The zero-order valence-electron chi connectivity index (χ0n) is 40.0. The minimum absolute atomic E-state index is 0.0105. The standard InChI is InChI=1S/C46H57N17O9/c1-24(2)36(55-33(64)10-6-5-7-20-63-34(65)17-18-35(63)66)44(70)51-25(3)41(67)53-27-13-16-30(31(21-27)39-58-60-61-59-39)43(69)49-19-8-9-32(45(71)72)54-42(68)26-11-14-29(15-12-26)62(4)23-28-22-50-40-37(52-28)38(47)56-46(48)57-40/h11-18,21-22,24-25,32,34,36,65H,5-10,19-20,23H2,1-4H3,(H,49,69)(H,51,70)(H,53,67)(H,54,68)(H,55,64)(H,71,72)(H,58,59,60,61)(H4,47,48,50,56,57)/t25-,32-,34?,36-/m0/s1. The second kappa shape index (κ2) is 24.2. The summed E-state index contributed by atoms with van der Waals surface area (Å²) in [7, 11) is 1.81. The number of carboxylic acid groups (broad SMARTS) is 1. The first-order valence-electron chi connectivity index (χ1n) is 23.0. The Balaban J connectivity index is 0.961. The molecule has 4 atom stereocenters. The number of aliphatic hydroxyl groups excluding tert-OH is 1. The maximum Gasteiger partial charge on any atom is 0.326 e. The number of tetrazole rings is 1. The van der Waals surface area contributed by atoms with Gasteiger partial charge in [-0.3, -0.25) is 28.8 Å². The molecule has 5 aromatic rings. The van der Waals surface area contributed by atoms with Crippen molar-refractivity contribution in [3.8, 4) is 11.4 Å². The third-order valence-electron chi connectivity index (χ3n) is 11.5. The van der Waals surface area contributed by atoms with E-state index in [2.05, 4.69) is 67.1 Å². The number of fused-ring (bicyclic) bond motifs is 1. The molecule has 1 unspecified atom stereocenters. The number of nitrogens with zero attached hydrogens (tertiary/aromatic N) is 9. The number of nitrogens with two attached hydrogens (primary N) is 2. The van der Waals surface area contributed by atoms with Gasteiger partial charge in [-0.1, -0.05) is 20.3 Å². The Bertz CT molecular complexity index is 2810. The highest BCUT2D eigenvalue weighted by Crippen LogP contribution is 2.25. The van der Waals surface area contributed by atoms with Gasteiger partial charge in [-0.15, -0.1) is 10.2 Å². The van der Waals surface area contributed by atoms with Crippen molar-refractivity contribution in [2.75, 3.05) is 41.8 Å². The quantitative estimate of drug-likeness (QED) is 0.0380. The summed E-state index contributed by atoms with van der Waals surface area (Å²) in [5, 5.41) is 47.0. The van der Waals surface area contributed by atoms with E-state index in [0.29, 0.717) is 43.6 Å². The topological polar surface area (TPSA) is 385 Å². The number of rotatable bonds is 24. The van der Waals surface area contributed by atoms with Crippen LogP contribution in [0.1, 0.15) is 85.7 Å². The van der Waals surface area contributed by atoms with Gasteiger partial charge in [0.15, 0.2) is 17.0 Å². The van der Waals surface area contributed by atoms with Crippen LogP contribution >= 0.6 is 0 Å². The number of aliphatic carboxylic acids is 1. The number of amides is 6. The zero-order valence-corrected chi connectivity index (χ0v) is 40.0. The van der Waals surface area contributed by atoms with Crippen molar-refractivity contribution >= 4 is 75.7 Å². The Labute approximate surface area is 412 Å². The molecule has 380 valence electrons. The molecule has 0 saturated heterocycles. The number of aromatic amines is 1. The summed E-state index contributed by atoms with van der Waals surface area (Å²) in [6.45, 7) is 5.69. The Kier molecular flexibility index (Phi) is 17.7. The maximum atomic E-state index is 13.5. The third kappa shape index (κ3) is 14.0. The number of H-pyrrole nitrogens is 1. The molecule has 0 bridgehead atoms. The SMILES string of the molecule is CC(C)[C@H](NC(=O)CCCCCN1C(=O)C=CC1O)C(=O)N[C@@H](C)C(=O)Nc1ccc(C(=O)NCCC[C@H](NC(=O)c2ccc(N(C)Cc3cnc4nc(N)nc(N)c4n3)cc2)C(=O)O)c(-c2nn[nH]n2)c1. The Morgan fingerprint density at radius 2 is 1.67 bits per heavy atom. The molecule has 6 rings (SSSR count). The van der Waals surface area contributed by atoms with E-state index in [-0.39, 0.29) is 89.2 Å². The van der Waals surface area contributed by atoms with Crippen molar-refractivity contribution in [2.24, 2.45) is 5.92 Å². The second-order valence-corrected chi connectivity index (χ2v) is 17.3. The summed E-state index contributed by atoms with van der Waals surface area (Å²) in [6, 6.07) is 7.61. The molecule has 4 heterocycles. The van der Waals surface area contributed by atoms with Crippen molar-refractivity contribution in [3.63, 3.8) is 0 Å². The van der Waals surface area contributed by atoms with Gasteiger partial charge in [0, 0.05) is 55.1 Å². The highest BCUT2D eigenvalue weighted by atomic mass is 16.4. The number of nitrogen functional groups attached to an aromatic ring is 2. The normalized spacial score (nSPS) is 14.4. The lowest BCUT2D eigenvalue weighted by atomic mass is 10.0. The van der Waals surface area contributed by atoms with Crippen molar-refractivity contribution in [1.29, 1.82) is 0 Å². The molecule has 1 aliphatic rings. The Morgan fingerprint density at radius 1 is 0.903 bits per heavy atom. The minimum atomic E-state index is -1.27. The summed E-state index contributed by atoms with van der Waals surface area (Å²) in [6.07, 6.45) is 5.32. The van der Waals surface area contributed by atoms with Gasteiger partial charge in [0.25, 0.3) is 11.8 Å². The largest absolute Gasteiger partial charge is 0.480 e. The van der Waals surface area contributed by atoms with E-state index in [1.807, 2.05) is 11.9 Å². The highest BCUT2D eigenvalue weighted by molar-refractivity contribution is 6.03. The first-order valence-corrected chi connectivity index (χ1v) is 23.0. The molecule has 12 N–H and O–H groups in total. The van der Waals surface area contributed by atoms with Crippen LogP contribution in [0.15, 0.2) is 60.8 Å². The fourth-order valence-corrected chi connectivity index (χ4v) is 7.53. The molecule has 0 fully saturated rings. The summed E-state index contributed by atoms with van der Waals surface area (Å²) in [5.41, 5.74) is 14.2. The van der Waals surface area contributed by atoms with Gasteiger partial charge >= 0.3 is 5.97 Å². The highest BCUT2D eigenvalue weighted by Gasteiger charge is 2.28. The van der Waals surface area contributed by atoms with E-state index in [4.69, 9.17) is 11.5 Å². The van der Waals surface area contributed by atoms with Crippen molar-refractivity contribution < 1.29 is 43.8 Å². The summed E-state index contributed by atoms with van der Waals surface area (Å²) in [4.78, 5) is 110. The summed E-state index contributed by atoms with van der Waals surface area (Å²) >= 11 is 0. The zero-order chi connectivity index (χ0) is 52.1. The van der Waals surface area contributed by atoms with E-state index in [1.165, 1.54) is 42.2 Å². The molecule has 0 saturated carbocycles. The van der Waals surface area contributed by atoms with Gasteiger partial charge in [-0.05, 0) is 92.3 Å². The number of carboxylic acids is 1. The van der Waals surface area contributed by atoms with Gasteiger partial charge in [0.2, 0.25) is 35.4 Å². The van der Waals surface area contributed by atoms with Crippen LogP contribution in [-0.4, -0.2) is 142 Å². The number of unbranched alkanes of at least 4 members (excludes halogenated alkanes) is 2. The average Bonchev–Trinajstić information content (AvgIpc) is 4.00. The van der Waals surface area contributed by atoms with Crippen LogP contribution in [-0.2, 0) is 30.5 Å². The van der Waals surface area contributed by atoms with Crippen molar-refractivity contribution in [3.05, 3.63) is 77.6 Å². The smallest absolute Gasteiger partial charge is 0.326 e. The van der Waals surface area contributed by atoms with Gasteiger partial charge in [-0.25, -0.2) is 14.8 Å². The number of benzene rings is 2. The first kappa shape index (κ1) is 52.7. The summed E-state index contributed by atoms with van der Waals surface area (Å²) < 4.78 is 0. The van der Waals surface area contributed by atoms with Crippen LogP contribution in [0.25, 0.3) is 22.6 Å². The Hall–Kier alpha value is -8.68. The van der Waals surface area contributed by atoms with E-state index in [0.717, 1.165) is 5.69 Å². The van der Waals surface area contributed by atoms with Crippen LogP contribution in [0.3, 0.4) is 0 Å². The van der Waals surface area contributed by atoms with E-state index >= 15 is 0 Å². The molecule has 0 radical (unpaired) electrons. The van der Waals surface area contributed by atoms with Gasteiger partial charge in [-0.2, -0.15) is 15.2 Å². The Morgan fingerprint density at radius 3 is 2.35 bits per heavy atom. The predicted octanol–water partition coefficient (Wildman–Crippen LogP) is 0.655. The van der Waals surface area contributed by atoms with Crippen molar-refractivity contribution in [1.82, 2.24) is 66.7 Å². The lowest BCUT2D eigenvalue weighted by Gasteiger charge is -2.24. The number of aromatic nitrogens is 8. The molecule has 1 aliphatic heterocycles. The minimum Gasteiger partial charge on any atom is -0.480 e. The first-order chi connectivity index (χ1) is 34.4. The van der Waals surface area contributed by atoms with Crippen LogP contribution < -0.4 is 43.0 Å². The van der Waals surface area contributed by atoms with Gasteiger partial charge in [0.05, 0.1) is 24.0 Å². The molecular formula is C46H57N17O9. The molecule has 2 aromatic carbocycles. The van der Waals surface area contributed by atoms with Gasteiger partial charge < -0.3 is 58.1 Å². The van der Waals surface area contributed by atoms with Crippen LogP contribution in [0, 0.1) is 5.92 Å². The second-order valence-electron chi connectivity index (χ2n) is 17.3. The van der Waals surface area contributed by atoms with E-state index in [9.17, 15) is 43.8 Å². The van der Waals surface area contributed by atoms with Crippen LogP contribution in [0.2, 0.25) is 0 Å². The van der Waals surface area contributed by atoms with E-state index in [1.54, 1.807) is 44.3 Å². The molecule has 6 amide bonds. The lowest BCUT2D eigenvalue weighted by Crippen LogP contribution is -2.53. The number of aliphatic hydroxyl groups is 1. The predicted molar refractivity (Wildman–Crippen MR) is 261 cm³/mol. The monoisotopic (exact) mass is 991 g/mol. The third-order valence-corrected chi connectivity index (χ3v) is 11.5. The van der Waals surface area contributed by atoms with Crippen LogP contribution in [0.4, 0.5) is 23.1 Å². The number of carbonyl (C=O) groups is 7. The maximum absolute atomic E-state index is 13.5. The van der Waals surface area contributed by atoms with E-state index < -0.39 is 54.0 Å². The molecular weight excluding hydrogens is 935 g/mol. The molecule has 0 spiro atoms. The lowest BCUT2D eigenvalue weighted by molar-refractivity contribution is -0.139. The number of hydrogen-bond donors (Lipinski definition) is 10. The van der Waals surface area contributed by atoms with Crippen molar-refractivity contribution in [2.45, 2.75) is 90.2 Å².